The molecule has 0 radical (unpaired) electrons. The lowest BCUT2D eigenvalue weighted by atomic mass is 9.97. The van der Waals surface area contributed by atoms with Crippen molar-refractivity contribution in [2.24, 2.45) is 5.84 Å². The van der Waals surface area contributed by atoms with Crippen molar-refractivity contribution < 1.29 is 4.74 Å². The van der Waals surface area contributed by atoms with Crippen molar-refractivity contribution in [1.82, 2.24) is 5.43 Å². The summed E-state index contributed by atoms with van der Waals surface area (Å²) in [5.41, 5.74) is 3.87. The Kier molecular flexibility index (Phi) is 5.27. The van der Waals surface area contributed by atoms with Crippen molar-refractivity contribution in [2.75, 3.05) is 6.61 Å². The van der Waals surface area contributed by atoms with E-state index < -0.39 is 0 Å². The second-order valence-electron chi connectivity index (χ2n) is 4.62. The zero-order valence-corrected chi connectivity index (χ0v) is 11.7. The third-order valence-electron chi connectivity index (χ3n) is 3.32. The van der Waals surface area contributed by atoms with Gasteiger partial charge in [0.05, 0.1) is 16.1 Å². The molecule has 0 aromatic heterocycles. The van der Waals surface area contributed by atoms with Crippen LogP contribution in [0.4, 0.5) is 0 Å². The van der Waals surface area contributed by atoms with Gasteiger partial charge in [-0.15, -0.1) is 0 Å². The normalized spacial score (nSPS) is 21.8. The Hall–Kier alpha value is -0.320. The minimum absolute atomic E-state index is 0.0443. The zero-order chi connectivity index (χ0) is 13.0. The van der Waals surface area contributed by atoms with Crippen molar-refractivity contribution in [3.8, 4) is 0 Å². The van der Waals surface area contributed by atoms with Crippen LogP contribution in [0.25, 0.3) is 0 Å². The Bertz CT molecular complexity index is 395. The fourth-order valence-corrected chi connectivity index (χ4v) is 2.59. The summed E-state index contributed by atoms with van der Waals surface area (Å²) < 4.78 is 5.73. The highest BCUT2D eigenvalue weighted by Crippen LogP contribution is 2.29. The molecule has 3 N–H and O–H groups in total. The van der Waals surface area contributed by atoms with Gasteiger partial charge >= 0.3 is 0 Å². The first-order chi connectivity index (χ1) is 8.70. The van der Waals surface area contributed by atoms with Gasteiger partial charge in [0.1, 0.15) is 0 Å². The molecule has 1 aliphatic heterocycles. The Labute approximate surface area is 118 Å². The molecule has 2 unspecified atom stereocenters. The summed E-state index contributed by atoms with van der Waals surface area (Å²) in [6, 6.07) is 5.65. The first kappa shape index (κ1) is 14.1. The standard InChI is InChI=1S/C13H18Cl2N2O/c14-11-5-4-9(7-12(11)15)13(17-16)8-10-3-1-2-6-18-10/h4-5,7,10,13,17H,1-3,6,8,16H2. The Morgan fingerprint density at radius 1 is 1.33 bits per heavy atom. The minimum Gasteiger partial charge on any atom is -0.378 e. The molecule has 1 aromatic rings. The van der Waals surface area contributed by atoms with Crippen molar-refractivity contribution in [3.05, 3.63) is 33.8 Å². The van der Waals surface area contributed by atoms with E-state index in [1.54, 1.807) is 6.07 Å². The molecular formula is C13H18Cl2N2O. The Morgan fingerprint density at radius 3 is 2.78 bits per heavy atom. The molecule has 2 atom stereocenters. The van der Waals surface area contributed by atoms with E-state index in [4.69, 9.17) is 33.8 Å². The van der Waals surface area contributed by atoms with Crippen LogP contribution < -0.4 is 11.3 Å². The maximum Gasteiger partial charge on any atom is 0.0595 e. The summed E-state index contributed by atoms with van der Waals surface area (Å²) in [7, 11) is 0. The Morgan fingerprint density at radius 2 is 2.17 bits per heavy atom. The molecule has 0 bridgehead atoms. The molecule has 100 valence electrons. The quantitative estimate of drug-likeness (QED) is 0.659. The summed E-state index contributed by atoms with van der Waals surface area (Å²) in [5, 5.41) is 1.11. The van der Waals surface area contributed by atoms with Crippen LogP contribution >= 0.6 is 23.2 Å². The van der Waals surface area contributed by atoms with Crippen molar-refractivity contribution in [2.45, 2.75) is 37.8 Å². The number of ether oxygens (including phenoxy) is 1. The second-order valence-corrected chi connectivity index (χ2v) is 5.43. The molecule has 0 saturated carbocycles. The van der Waals surface area contributed by atoms with Gasteiger partial charge < -0.3 is 4.74 Å². The molecule has 18 heavy (non-hydrogen) atoms. The number of nitrogens with two attached hydrogens (primary N) is 1. The van der Waals surface area contributed by atoms with Gasteiger partial charge in [0.25, 0.3) is 0 Å². The molecule has 0 aliphatic carbocycles. The summed E-state index contributed by atoms with van der Waals surface area (Å²) in [4.78, 5) is 0. The van der Waals surface area contributed by atoms with Crippen LogP contribution in [-0.4, -0.2) is 12.7 Å². The summed E-state index contributed by atoms with van der Waals surface area (Å²) in [6.07, 6.45) is 4.61. The lowest BCUT2D eigenvalue weighted by Crippen LogP contribution is -2.32. The van der Waals surface area contributed by atoms with E-state index in [1.165, 1.54) is 6.42 Å². The molecule has 2 rings (SSSR count). The van der Waals surface area contributed by atoms with Crippen molar-refractivity contribution in [3.63, 3.8) is 0 Å². The van der Waals surface area contributed by atoms with E-state index in [-0.39, 0.29) is 12.1 Å². The average Bonchev–Trinajstić information content (AvgIpc) is 2.40. The smallest absolute Gasteiger partial charge is 0.0595 e. The van der Waals surface area contributed by atoms with Crippen molar-refractivity contribution >= 4 is 23.2 Å². The molecule has 1 aromatic carbocycles. The molecule has 1 fully saturated rings. The highest BCUT2D eigenvalue weighted by Gasteiger charge is 2.20. The number of benzene rings is 1. The molecule has 0 amide bonds. The lowest BCUT2D eigenvalue weighted by molar-refractivity contribution is 0.00502. The molecular weight excluding hydrogens is 271 g/mol. The highest BCUT2D eigenvalue weighted by molar-refractivity contribution is 6.42. The van der Waals surface area contributed by atoms with Gasteiger partial charge in [-0.1, -0.05) is 29.3 Å². The molecule has 5 heteroatoms. The van der Waals surface area contributed by atoms with Crippen LogP contribution in [0.3, 0.4) is 0 Å². The second kappa shape index (κ2) is 6.73. The maximum absolute atomic E-state index is 6.03. The fraction of sp³-hybridized carbons (Fsp3) is 0.538. The number of hydrogen-bond acceptors (Lipinski definition) is 3. The molecule has 1 saturated heterocycles. The predicted molar refractivity (Wildman–Crippen MR) is 74.7 cm³/mol. The van der Waals surface area contributed by atoms with Crippen LogP contribution in [0.15, 0.2) is 18.2 Å². The average molecular weight is 289 g/mol. The number of halogens is 2. The van der Waals surface area contributed by atoms with E-state index in [0.717, 1.165) is 31.4 Å². The number of hydrogen-bond donors (Lipinski definition) is 2. The topological polar surface area (TPSA) is 47.3 Å². The van der Waals surface area contributed by atoms with E-state index in [1.807, 2.05) is 12.1 Å². The third-order valence-corrected chi connectivity index (χ3v) is 4.06. The summed E-state index contributed by atoms with van der Waals surface area (Å²) in [6.45, 7) is 0.851. The molecule has 3 nitrogen and oxygen atoms in total. The van der Waals surface area contributed by atoms with Gasteiger partial charge in [0.15, 0.2) is 0 Å². The van der Waals surface area contributed by atoms with Crippen LogP contribution in [0.1, 0.15) is 37.3 Å². The van der Waals surface area contributed by atoms with E-state index in [9.17, 15) is 0 Å². The van der Waals surface area contributed by atoms with Crippen molar-refractivity contribution in [1.29, 1.82) is 0 Å². The number of rotatable bonds is 4. The van der Waals surface area contributed by atoms with Crippen LogP contribution in [0.5, 0.6) is 0 Å². The maximum atomic E-state index is 6.03. The molecule has 1 heterocycles. The van der Waals surface area contributed by atoms with Gasteiger partial charge in [-0.2, -0.15) is 0 Å². The first-order valence-electron chi connectivity index (χ1n) is 6.23. The van der Waals surface area contributed by atoms with Crippen LogP contribution in [0.2, 0.25) is 10.0 Å². The lowest BCUT2D eigenvalue weighted by Gasteiger charge is -2.27. The fourth-order valence-electron chi connectivity index (χ4n) is 2.29. The molecule has 0 spiro atoms. The van der Waals surface area contributed by atoms with Gasteiger partial charge in [-0.3, -0.25) is 11.3 Å². The Balaban J connectivity index is 2.04. The SMILES string of the molecule is NNC(CC1CCCCO1)c1ccc(Cl)c(Cl)c1. The third kappa shape index (κ3) is 3.59. The minimum atomic E-state index is 0.0443. The van der Waals surface area contributed by atoms with Gasteiger partial charge in [-0.05, 0) is 43.4 Å². The molecule has 1 aliphatic rings. The summed E-state index contributed by atoms with van der Waals surface area (Å²) in [5.74, 6) is 5.63. The van der Waals surface area contributed by atoms with E-state index in [2.05, 4.69) is 5.43 Å². The van der Waals surface area contributed by atoms with Crippen LogP contribution in [-0.2, 0) is 4.74 Å². The van der Waals surface area contributed by atoms with E-state index in [0.29, 0.717) is 10.0 Å². The monoisotopic (exact) mass is 288 g/mol. The zero-order valence-electron chi connectivity index (χ0n) is 10.2. The largest absolute Gasteiger partial charge is 0.378 e. The highest BCUT2D eigenvalue weighted by atomic mass is 35.5. The van der Waals surface area contributed by atoms with Gasteiger partial charge in [0, 0.05) is 12.6 Å². The number of hydrazine groups is 1. The predicted octanol–water partition coefficient (Wildman–Crippen LogP) is 3.46. The van der Waals surface area contributed by atoms with Gasteiger partial charge in [-0.25, -0.2) is 0 Å². The van der Waals surface area contributed by atoms with Crippen LogP contribution in [0, 0.1) is 0 Å². The summed E-state index contributed by atoms with van der Waals surface area (Å²) >= 11 is 11.9. The van der Waals surface area contributed by atoms with E-state index >= 15 is 0 Å². The van der Waals surface area contributed by atoms with Gasteiger partial charge in [0.2, 0.25) is 0 Å². The number of nitrogens with one attached hydrogen (secondary N) is 1. The first-order valence-corrected chi connectivity index (χ1v) is 6.99.